The van der Waals surface area contributed by atoms with Crippen LogP contribution in [0.15, 0.2) is 70.8 Å². The van der Waals surface area contributed by atoms with Crippen LogP contribution in [0.25, 0.3) is 17.0 Å². The molecule has 1 aromatic heterocycles. The second kappa shape index (κ2) is 9.14. The summed E-state index contributed by atoms with van der Waals surface area (Å²) in [6.07, 6.45) is 5.91. The van der Waals surface area contributed by atoms with E-state index in [4.69, 9.17) is 4.52 Å². The van der Waals surface area contributed by atoms with Gasteiger partial charge in [-0.2, -0.15) is 4.98 Å². The number of aryl methyl sites for hydroxylation is 1. The van der Waals surface area contributed by atoms with Crippen LogP contribution in [0.4, 0.5) is 0 Å². The number of benzene rings is 2. The van der Waals surface area contributed by atoms with Crippen molar-refractivity contribution in [1.29, 1.82) is 0 Å². The number of nitrogens with zero attached hydrogens (tertiary/aromatic N) is 3. The Morgan fingerprint density at radius 3 is 2.46 bits per heavy atom. The molecule has 1 N–H and O–H groups in total. The lowest BCUT2D eigenvalue weighted by Gasteiger charge is -2.50. The van der Waals surface area contributed by atoms with E-state index in [2.05, 4.69) is 43.1 Å². The van der Waals surface area contributed by atoms with E-state index in [0.29, 0.717) is 36.8 Å². The first kappa shape index (κ1) is 24.7. The first-order valence-corrected chi connectivity index (χ1v) is 12.6. The quantitative estimate of drug-likeness (QED) is 0.441. The topological polar surface area (TPSA) is 96.5 Å². The van der Waals surface area contributed by atoms with E-state index >= 15 is 0 Å². The van der Waals surface area contributed by atoms with Crippen molar-refractivity contribution in [3.05, 3.63) is 88.8 Å². The number of carbonyl (C=O) groups is 2. The number of fused-ring (bicyclic) bond motifs is 1. The first-order chi connectivity index (χ1) is 17.6. The van der Waals surface area contributed by atoms with E-state index in [1.54, 1.807) is 12.1 Å². The molecule has 5 rings (SSSR count). The average molecular weight is 498 g/mol. The summed E-state index contributed by atoms with van der Waals surface area (Å²) in [5.41, 5.74) is 4.73. The third kappa shape index (κ3) is 4.39. The van der Waals surface area contributed by atoms with Crippen molar-refractivity contribution in [3.8, 4) is 11.4 Å². The summed E-state index contributed by atoms with van der Waals surface area (Å²) in [4.78, 5) is 31.1. The largest absolute Gasteiger partial charge is 0.478 e. The number of hydrogen-bond acceptors (Lipinski definition) is 5. The minimum absolute atomic E-state index is 0.0190. The van der Waals surface area contributed by atoms with Gasteiger partial charge in [0.05, 0.1) is 5.56 Å². The lowest BCUT2D eigenvalue weighted by atomic mass is 9.58. The third-order valence-electron chi connectivity index (χ3n) is 7.68. The molecule has 0 fully saturated rings. The van der Waals surface area contributed by atoms with Crippen molar-refractivity contribution in [1.82, 2.24) is 15.0 Å². The van der Waals surface area contributed by atoms with E-state index < -0.39 is 5.97 Å². The lowest BCUT2D eigenvalue weighted by Crippen LogP contribution is -2.48. The van der Waals surface area contributed by atoms with Crippen LogP contribution < -0.4 is 0 Å². The maximum atomic E-state index is 13.6. The average Bonchev–Trinajstić information content (AvgIpc) is 3.37. The molecule has 2 aromatic carbocycles. The molecular formula is C30H31N3O4. The van der Waals surface area contributed by atoms with Gasteiger partial charge in [0.15, 0.2) is 0 Å². The van der Waals surface area contributed by atoms with Crippen molar-refractivity contribution >= 4 is 17.4 Å². The van der Waals surface area contributed by atoms with Crippen LogP contribution in [0.1, 0.15) is 66.3 Å². The van der Waals surface area contributed by atoms with Crippen molar-refractivity contribution in [2.45, 2.75) is 40.5 Å². The maximum absolute atomic E-state index is 13.6. The summed E-state index contributed by atoms with van der Waals surface area (Å²) in [6, 6.07) is 14.5. The van der Waals surface area contributed by atoms with Crippen LogP contribution in [-0.4, -0.2) is 45.1 Å². The summed E-state index contributed by atoms with van der Waals surface area (Å²) in [5.74, 6) is 0.111. The third-order valence-corrected chi connectivity index (χ3v) is 7.68. The first-order valence-electron chi connectivity index (χ1n) is 12.6. The smallest absolute Gasteiger partial charge is 0.335 e. The van der Waals surface area contributed by atoms with Gasteiger partial charge < -0.3 is 14.5 Å². The fourth-order valence-electron chi connectivity index (χ4n) is 5.85. The summed E-state index contributed by atoms with van der Waals surface area (Å²) in [6.45, 7) is 9.76. The Labute approximate surface area is 216 Å². The van der Waals surface area contributed by atoms with E-state index in [0.717, 1.165) is 17.5 Å². The highest BCUT2D eigenvalue weighted by atomic mass is 16.5. The van der Waals surface area contributed by atoms with Crippen LogP contribution in [-0.2, 0) is 6.42 Å². The van der Waals surface area contributed by atoms with Gasteiger partial charge in [-0.25, -0.2) is 4.79 Å². The molecule has 1 amide bonds. The molecule has 7 nitrogen and oxygen atoms in total. The zero-order valence-corrected chi connectivity index (χ0v) is 21.6. The molecule has 1 aliphatic carbocycles. The Hall–Kier alpha value is -4.00. The molecule has 0 saturated heterocycles. The molecule has 0 saturated carbocycles. The van der Waals surface area contributed by atoms with Gasteiger partial charge in [0.2, 0.25) is 11.7 Å². The number of carbonyl (C=O) groups excluding carboxylic acids is 1. The number of carboxylic acids is 1. The molecular weight excluding hydrogens is 466 g/mol. The van der Waals surface area contributed by atoms with Crippen LogP contribution in [0, 0.1) is 10.8 Å². The number of rotatable bonds is 5. The Bertz CT molecular complexity index is 1430. The van der Waals surface area contributed by atoms with Gasteiger partial charge in [0.25, 0.3) is 5.91 Å². The zero-order chi connectivity index (χ0) is 26.4. The normalized spacial score (nSPS) is 20.6. The van der Waals surface area contributed by atoms with Gasteiger partial charge in [-0.3, -0.25) is 4.79 Å². The van der Waals surface area contributed by atoms with Crippen molar-refractivity contribution < 1.29 is 19.2 Å². The minimum Gasteiger partial charge on any atom is -0.478 e. The standard InChI is InChI=1S/C30H31N3O4/c1-5-25-31-26(32-37-25)21-7-6-8-22(17-21)27(34)33-16-14-24-29(2,3)23(13-15-30(24,4)18-33)19-9-11-20(12-10-19)28(35)36/h6-14,17H,5,15-16,18H2,1-4H3,(H,35,36)/t30-/m1/s1. The molecule has 190 valence electrons. The Kier molecular flexibility index (Phi) is 6.10. The number of aromatic carboxylic acids is 1. The van der Waals surface area contributed by atoms with Crippen LogP contribution in [0.3, 0.4) is 0 Å². The number of amides is 1. The second-order valence-electron chi connectivity index (χ2n) is 10.6. The summed E-state index contributed by atoms with van der Waals surface area (Å²) in [5, 5.41) is 13.3. The predicted molar refractivity (Wildman–Crippen MR) is 141 cm³/mol. The van der Waals surface area contributed by atoms with E-state index in [9.17, 15) is 14.7 Å². The summed E-state index contributed by atoms with van der Waals surface area (Å²) >= 11 is 0. The van der Waals surface area contributed by atoms with Crippen molar-refractivity contribution in [2.75, 3.05) is 13.1 Å². The summed E-state index contributed by atoms with van der Waals surface area (Å²) in [7, 11) is 0. The molecule has 2 aliphatic rings. The zero-order valence-electron chi connectivity index (χ0n) is 21.6. The molecule has 1 atom stereocenters. The Morgan fingerprint density at radius 2 is 1.78 bits per heavy atom. The van der Waals surface area contributed by atoms with E-state index in [-0.39, 0.29) is 22.3 Å². The van der Waals surface area contributed by atoms with Crippen molar-refractivity contribution in [2.24, 2.45) is 10.8 Å². The highest BCUT2D eigenvalue weighted by Crippen LogP contribution is 2.55. The van der Waals surface area contributed by atoms with Gasteiger partial charge in [-0.05, 0) is 41.8 Å². The van der Waals surface area contributed by atoms with Crippen LogP contribution in [0.2, 0.25) is 0 Å². The molecule has 7 heteroatoms. The molecule has 37 heavy (non-hydrogen) atoms. The Morgan fingerprint density at radius 1 is 1.03 bits per heavy atom. The lowest BCUT2D eigenvalue weighted by molar-refractivity contribution is 0.0678. The molecule has 0 spiro atoms. The molecule has 3 aromatic rings. The van der Waals surface area contributed by atoms with Crippen molar-refractivity contribution in [3.63, 3.8) is 0 Å². The highest BCUT2D eigenvalue weighted by molar-refractivity contribution is 5.95. The molecule has 0 unspecified atom stereocenters. The van der Waals surface area contributed by atoms with Gasteiger partial charge >= 0.3 is 5.97 Å². The van der Waals surface area contributed by atoms with Gasteiger partial charge in [-0.15, -0.1) is 0 Å². The fourth-order valence-corrected chi connectivity index (χ4v) is 5.85. The highest BCUT2D eigenvalue weighted by Gasteiger charge is 2.46. The van der Waals surface area contributed by atoms with Gasteiger partial charge in [-0.1, -0.05) is 74.8 Å². The predicted octanol–water partition coefficient (Wildman–Crippen LogP) is 5.90. The van der Waals surface area contributed by atoms with Crippen LogP contribution >= 0.6 is 0 Å². The van der Waals surface area contributed by atoms with Gasteiger partial charge in [0, 0.05) is 41.5 Å². The molecule has 0 radical (unpaired) electrons. The monoisotopic (exact) mass is 497 g/mol. The van der Waals surface area contributed by atoms with Crippen LogP contribution in [0.5, 0.6) is 0 Å². The minimum atomic E-state index is -0.927. The number of hydrogen-bond donors (Lipinski definition) is 1. The van der Waals surface area contributed by atoms with E-state index in [1.165, 1.54) is 11.1 Å². The summed E-state index contributed by atoms with van der Waals surface area (Å²) < 4.78 is 5.24. The molecule has 2 heterocycles. The second-order valence-corrected chi connectivity index (χ2v) is 10.6. The SMILES string of the molecule is CCc1nc(-c2cccc(C(=O)N3CC=C4C(C)(C)C(c5ccc(C(=O)O)cc5)=CC[C@]4(C)C3)c2)no1. The van der Waals surface area contributed by atoms with E-state index in [1.807, 2.05) is 48.2 Å². The fraction of sp³-hybridized carbons (Fsp3) is 0.333. The molecule has 0 bridgehead atoms. The van der Waals surface area contributed by atoms with Gasteiger partial charge in [0.1, 0.15) is 0 Å². The Balaban J connectivity index is 1.39. The number of aromatic nitrogens is 2. The number of allylic oxidation sites excluding steroid dienone is 2. The molecule has 1 aliphatic heterocycles. The number of carboxylic acid groups (broad SMARTS) is 1. The maximum Gasteiger partial charge on any atom is 0.335 e.